The van der Waals surface area contributed by atoms with Gasteiger partial charge in [0.1, 0.15) is 18.0 Å². The minimum Gasteiger partial charge on any atom is -0.487 e. The van der Waals surface area contributed by atoms with Gasteiger partial charge in [0.25, 0.3) is 0 Å². The predicted octanol–water partition coefficient (Wildman–Crippen LogP) is 7.08. The van der Waals surface area contributed by atoms with Gasteiger partial charge in [-0.2, -0.15) is 13.2 Å². The van der Waals surface area contributed by atoms with Crippen LogP contribution in [0.3, 0.4) is 0 Å². The number of alkyl halides is 3. The number of carbonyl (C=O) groups is 1. The van der Waals surface area contributed by atoms with Gasteiger partial charge in [-0.05, 0) is 61.4 Å². The van der Waals surface area contributed by atoms with Crippen molar-refractivity contribution in [1.29, 1.82) is 0 Å². The van der Waals surface area contributed by atoms with Crippen LogP contribution in [0.4, 0.5) is 13.2 Å². The van der Waals surface area contributed by atoms with Crippen LogP contribution in [0, 0.1) is 0 Å². The lowest BCUT2D eigenvalue weighted by molar-refractivity contribution is -0.142. The smallest absolute Gasteiger partial charge is 0.416 e. The van der Waals surface area contributed by atoms with E-state index in [1.165, 1.54) is 12.1 Å². The van der Waals surface area contributed by atoms with Crippen molar-refractivity contribution >= 4 is 28.0 Å². The van der Waals surface area contributed by atoms with Gasteiger partial charge in [-0.3, -0.25) is 0 Å². The Morgan fingerprint density at radius 2 is 1.53 bits per heavy atom. The number of hydrogen-bond donors (Lipinski definition) is 0. The average Bonchev–Trinajstić information content (AvgIpc) is 3.10. The number of pyridine rings is 1. The summed E-state index contributed by atoms with van der Waals surface area (Å²) in [6.07, 6.45) is -4.44. The summed E-state index contributed by atoms with van der Waals surface area (Å²) in [6, 6.07) is 23.5. The van der Waals surface area contributed by atoms with E-state index in [0.29, 0.717) is 28.0 Å². The SMILES string of the molecule is CC1(C)OC(=O)C(c2ccc(OCc3ccc4ccccc4n3)cc2)=C1c1ccc(C(F)(F)F)cc1. The first-order valence-corrected chi connectivity index (χ1v) is 11.4. The van der Waals surface area contributed by atoms with Crippen molar-refractivity contribution in [3.8, 4) is 5.75 Å². The van der Waals surface area contributed by atoms with Gasteiger partial charge in [-0.25, -0.2) is 9.78 Å². The Kier molecular flexibility index (Phi) is 5.79. The number of fused-ring (bicyclic) bond motifs is 1. The molecule has 36 heavy (non-hydrogen) atoms. The van der Waals surface area contributed by atoms with E-state index >= 15 is 0 Å². The number of rotatable bonds is 5. The number of para-hydroxylation sites is 1. The summed E-state index contributed by atoms with van der Waals surface area (Å²) in [6.45, 7) is 3.72. The van der Waals surface area contributed by atoms with Crippen LogP contribution in [0.15, 0.2) is 84.9 Å². The molecular formula is C29H22F3NO3. The number of aromatic nitrogens is 1. The van der Waals surface area contributed by atoms with Crippen LogP contribution in [-0.2, 0) is 22.3 Å². The molecular weight excluding hydrogens is 467 g/mol. The fourth-order valence-electron chi connectivity index (χ4n) is 4.38. The second-order valence-corrected chi connectivity index (χ2v) is 9.03. The molecule has 5 rings (SSSR count). The molecule has 7 heteroatoms. The maximum Gasteiger partial charge on any atom is 0.416 e. The molecule has 2 heterocycles. The van der Waals surface area contributed by atoms with Gasteiger partial charge >= 0.3 is 12.1 Å². The van der Waals surface area contributed by atoms with Crippen LogP contribution in [0.25, 0.3) is 22.0 Å². The Labute approximate surface area is 206 Å². The summed E-state index contributed by atoms with van der Waals surface area (Å²) in [5.41, 5.74) is 1.87. The van der Waals surface area contributed by atoms with Crippen LogP contribution in [-0.4, -0.2) is 16.6 Å². The molecule has 0 N–H and O–H groups in total. The Bertz CT molecular complexity index is 1470. The zero-order chi connectivity index (χ0) is 25.5. The molecule has 1 aromatic heterocycles. The Hall–Kier alpha value is -4.13. The lowest BCUT2D eigenvalue weighted by Crippen LogP contribution is -2.22. The molecule has 3 aromatic carbocycles. The predicted molar refractivity (Wildman–Crippen MR) is 131 cm³/mol. The number of nitrogens with zero attached hydrogens (tertiary/aromatic N) is 1. The summed E-state index contributed by atoms with van der Waals surface area (Å²) in [5.74, 6) is 0.0694. The van der Waals surface area contributed by atoms with E-state index < -0.39 is 23.3 Å². The Balaban J connectivity index is 1.41. The second-order valence-electron chi connectivity index (χ2n) is 9.03. The second kappa shape index (κ2) is 8.82. The zero-order valence-electron chi connectivity index (χ0n) is 19.6. The van der Waals surface area contributed by atoms with E-state index in [1.54, 1.807) is 38.1 Å². The third-order valence-electron chi connectivity index (χ3n) is 6.09. The van der Waals surface area contributed by atoms with Gasteiger partial charge in [-0.15, -0.1) is 0 Å². The minimum absolute atomic E-state index is 0.277. The summed E-state index contributed by atoms with van der Waals surface area (Å²) in [4.78, 5) is 17.4. The molecule has 0 saturated heterocycles. The topological polar surface area (TPSA) is 48.4 Å². The maximum absolute atomic E-state index is 13.0. The molecule has 1 aliphatic heterocycles. The van der Waals surface area contributed by atoms with Crippen molar-refractivity contribution in [3.63, 3.8) is 0 Å². The summed E-state index contributed by atoms with van der Waals surface area (Å²) in [5, 5.41) is 1.05. The molecule has 1 aliphatic rings. The van der Waals surface area contributed by atoms with Crippen LogP contribution in [0.1, 0.15) is 36.2 Å². The molecule has 0 aliphatic carbocycles. The van der Waals surface area contributed by atoms with E-state index in [1.807, 2.05) is 36.4 Å². The van der Waals surface area contributed by atoms with Crippen molar-refractivity contribution in [1.82, 2.24) is 4.98 Å². The Morgan fingerprint density at radius 3 is 2.22 bits per heavy atom. The van der Waals surface area contributed by atoms with Crippen molar-refractivity contribution in [2.75, 3.05) is 0 Å². The lowest BCUT2D eigenvalue weighted by Gasteiger charge is -2.22. The molecule has 4 nitrogen and oxygen atoms in total. The van der Waals surface area contributed by atoms with Crippen LogP contribution < -0.4 is 4.74 Å². The van der Waals surface area contributed by atoms with E-state index in [9.17, 15) is 18.0 Å². The number of benzene rings is 3. The third kappa shape index (κ3) is 4.56. The first-order valence-electron chi connectivity index (χ1n) is 11.4. The summed E-state index contributed by atoms with van der Waals surface area (Å²) >= 11 is 0. The number of carbonyl (C=O) groups excluding carboxylic acids is 1. The molecule has 0 saturated carbocycles. The maximum atomic E-state index is 13.0. The van der Waals surface area contributed by atoms with Crippen molar-refractivity contribution in [2.45, 2.75) is 32.2 Å². The lowest BCUT2D eigenvalue weighted by atomic mass is 9.86. The van der Waals surface area contributed by atoms with E-state index in [2.05, 4.69) is 4.98 Å². The van der Waals surface area contributed by atoms with Crippen LogP contribution in [0.2, 0.25) is 0 Å². The van der Waals surface area contributed by atoms with Gasteiger partial charge in [0.2, 0.25) is 0 Å². The van der Waals surface area contributed by atoms with Crippen LogP contribution >= 0.6 is 0 Å². The quantitative estimate of drug-likeness (QED) is 0.281. The number of ether oxygens (including phenoxy) is 2. The highest BCUT2D eigenvalue weighted by Gasteiger charge is 2.42. The van der Waals surface area contributed by atoms with Crippen molar-refractivity contribution in [3.05, 3.63) is 107 Å². The summed E-state index contributed by atoms with van der Waals surface area (Å²) in [7, 11) is 0. The first kappa shape index (κ1) is 23.6. The first-order chi connectivity index (χ1) is 17.1. The van der Waals surface area contributed by atoms with Gasteiger partial charge < -0.3 is 9.47 Å². The average molecular weight is 489 g/mol. The third-order valence-corrected chi connectivity index (χ3v) is 6.09. The number of halogens is 3. The van der Waals surface area contributed by atoms with E-state index in [4.69, 9.17) is 9.47 Å². The van der Waals surface area contributed by atoms with E-state index in [-0.39, 0.29) is 6.61 Å². The largest absolute Gasteiger partial charge is 0.487 e. The summed E-state index contributed by atoms with van der Waals surface area (Å²) < 4.78 is 50.5. The molecule has 0 amide bonds. The highest BCUT2D eigenvalue weighted by Crippen LogP contribution is 2.44. The van der Waals surface area contributed by atoms with Gasteiger partial charge in [0.05, 0.1) is 22.3 Å². The molecule has 0 bridgehead atoms. The highest BCUT2D eigenvalue weighted by molar-refractivity contribution is 6.28. The standard InChI is InChI=1S/C29H22F3NO3/c1-28(2)26(20-7-12-21(13-8-20)29(30,31)32)25(27(34)36-28)19-10-15-23(16-11-19)35-17-22-14-9-18-5-3-4-6-24(18)33-22/h3-16H,17H2,1-2H3. The molecule has 0 unspecified atom stereocenters. The molecule has 0 fully saturated rings. The fraction of sp³-hybridized carbons (Fsp3) is 0.172. The van der Waals surface area contributed by atoms with Gasteiger partial charge in [0.15, 0.2) is 0 Å². The van der Waals surface area contributed by atoms with Gasteiger partial charge in [0, 0.05) is 11.0 Å². The monoisotopic (exact) mass is 489 g/mol. The molecule has 182 valence electrons. The minimum atomic E-state index is -4.44. The Morgan fingerprint density at radius 1 is 0.861 bits per heavy atom. The molecule has 0 spiro atoms. The fourth-order valence-corrected chi connectivity index (χ4v) is 4.38. The molecule has 4 aromatic rings. The van der Waals surface area contributed by atoms with Gasteiger partial charge in [-0.1, -0.05) is 48.5 Å². The normalized spacial score (nSPS) is 15.3. The molecule has 0 radical (unpaired) electrons. The number of hydrogen-bond acceptors (Lipinski definition) is 4. The zero-order valence-corrected chi connectivity index (χ0v) is 19.6. The van der Waals surface area contributed by atoms with Crippen LogP contribution in [0.5, 0.6) is 5.75 Å². The van der Waals surface area contributed by atoms with Crippen molar-refractivity contribution in [2.24, 2.45) is 0 Å². The number of esters is 1. The van der Waals surface area contributed by atoms with E-state index in [0.717, 1.165) is 28.7 Å². The highest BCUT2D eigenvalue weighted by atomic mass is 19.4. The van der Waals surface area contributed by atoms with Crippen molar-refractivity contribution < 1.29 is 27.4 Å². The number of cyclic esters (lactones) is 1. The molecule has 0 atom stereocenters.